The molecule has 0 radical (unpaired) electrons. The number of amides is 3. The Morgan fingerprint density at radius 3 is 2.57 bits per heavy atom. The molecular weight excluding hydrogens is 470 g/mol. The number of hydrogen-bond acceptors (Lipinski definition) is 5. The zero-order valence-electron chi connectivity index (χ0n) is 15.0. The Balaban J connectivity index is 1.58. The van der Waals surface area contributed by atoms with Crippen LogP contribution in [0.25, 0.3) is 0 Å². The molecule has 1 aromatic heterocycles. The third-order valence-corrected chi connectivity index (χ3v) is 5.35. The standard InChI is InChI=1S/C18H19BrClN3O4S/c1-11-9-12(20)4-5-13(11)27-8-2-3-16(24)22-23-17(25)10-21-18(26)14-6-7-15(19)28-14/h4-7,9H,2-3,8,10H2,1H3,(H,21,26)(H,22,24)(H,23,25). The summed E-state index contributed by atoms with van der Waals surface area (Å²) < 4.78 is 6.42. The molecule has 0 saturated carbocycles. The Kier molecular flexibility index (Phi) is 8.75. The van der Waals surface area contributed by atoms with Crippen molar-refractivity contribution in [2.45, 2.75) is 19.8 Å². The smallest absolute Gasteiger partial charge is 0.261 e. The van der Waals surface area contributed by atoms with Crippen molar-refractivity contribution in [3.63, 3.8) is 0 Å². The van der Waals surface area contributed by atoms with Gasteiger partial charge in [0.25, 0.3) is 11.8 Å². The van der Waals surface area contributed by atoms with E-state index in [1.54, 1.807) is 30.3 Å². The maximum Gasteiger partial charge on any atom is 0.261 e. The van der Waals surface area contributed by atoms with Crippen LogP contribution >= 0.6 is 38.9 Å². The fourth-order valence-electron chi connectivity index (χ4n) is 2.12. The molecule has 28 heavy (non-hydrogen) atoms. The predicted octanol–water partition coefficient (Wildman–Crippen LogP) is 3.21. The second kappa shape index (κ2) is 11.0. The molecule has 1 heterocycles. The fraction of sp³-hybridized carbons (Fsp3) is 0.278. The van der Waals surface area contributed by atoms with Crippen LogP contribution in [0.2, 0.25) is 5.02 Å². The summed E-state index contributed by atoms with van der Waals surface area (Å²) >= 11 is 10.4. The number of thiophene rings is 1. The van der Waals surface area contributed by atoms with E-state index in [1.165, 1.54) is 11.3 Å². The maximum absolute atomic E-state index is 11.8. The number of carbonyl (C=O) groups excluding carboxylic acids is 3. The highest BCUT2D eigenvalue weighted by atomic mass is 79.9. The highest BCUT2D eigenvalue weighted by Crippen LogP contribution is 2.22. The number of carbonyl (C=O) groups is 3. The monoisotopic (exact) mass is 487 g/mol. The minimum atomic E-state index is -0.523. The summed E-state index contributed by atoms with van der Waals surface area (Å²) in [5.74, 6) is -0.512. The van der Waals surface area contributed by atoms with Crippen LogP contribution < -0.4 is 20.9 Å². The number of hydrogen-bond donors (Lipinski definition) is 3. The molecule has 0 aliphatic rings. The van der Waals surface area contributed by atoms with E-state index in [2.05, 4.69) is 32.1 Å². The minimum absolute atomic E-state index is 0.183. The van der Waals surface area contributed by atoms with Gasteiger partial charge in [0.2, 0.25) is 5.91 Å². The van der Waals surface area contributed by atoms with Crippen LogP contribution in [0.4, 0.5) is 0 Å². The van der Waals surface area contributed by atoms with Gasteiger partial charge >= 0.3 is 0 Å². The van der Waals surface area contributed by atoms with Crippen LogP contribution in [0.3, 0.4) is 0 Å². The van der Waals surface area contributed by atoms with Crippen molar-refractivity contribution < 1.29 is 19.1 Å². The first-order valence-corrected chi connectivity index (χ1v) is 10.3. The molecular formula is C18H19BrClN3O4S. The molecule has 1 aromatic carbocycles. The first kappa shape index (κ1) is 22.2. The summed E-state index contributed by atoms with van der Waals surface area (Å²) in [6.07, 6.45) is 0.663. The fourth-order valence-corrected chi connectivity index (χ4v) is 3.65. The van der Waals surface area contributed by atoms with Gasteiger partial charge in [-0.25, -0.2) is 0 Å². The number of aryl methyl sites for hydroxylation is 1. The topological polar surface area (TPSA) is 96.5 Å². The quantitative estimate of drug-likeness (QED) is 0.393. The van der Waals surface area contributed by atoms with Crippen molar-refractivity contribution in [2.75, 3.05) is 13.2 Å². The van der Waals surface area contributed by atoms with Crippen LogP contribution in [0.15, 0.2) is 34.1 Å². The molecule has 0 aliphatic heterocycles. The van der Waals surface area contributed by atoms with Gasteiger partial charge in [-0.15, -0.1) is 11.3 Å². The van der Waals surface area contributed by atoms with Crippen LogP contribution in [0.5, 0.6) is 5.75 Å². The van der Waals surface area contributed by atoms with Gasteiger partial charge in [0.15, 0.2) is 0 Å². The zero-order valence-corrected chi connectivity index (χ0v) is 18.2. The van der Waals surface area contributed by atoms with E-state index in [1.807, 2.05) is 6.92 Å². The molecule has 0 bridgehead atoms. The molecule has 7 nitrogen and oxygen atoms in total. The van der Waals surface area contributed by atoms with E-state index in [-0.39, 0.29) is 24.8 Å². The predicted molar refractivity (Wildman–Crippen MR) is 112 cm³/mol. The number of nitrogens with one attached hydrogen (secondary N) is 3. The van der Waals surface area contributed by atoms with Gasteiger partial charge in [-0.1, -0.05) is 11.6 Å². The number of benzene rings is 1. The summed E-state index contributed by atoms with van der Waals surface area (Å²) in [7, 11) is 0. The first-order chi connectivity index (χ1) is 13.3. The first-order valence-electron chi connectivity index (χ1n) is 8.35. The van der Waals surface area contributed by atoms with Gasteiger partial charge in [-0.3, -0.25) is 25.2 Å². The zero-order chi connectivity index (χ0) is 20.5. The van der Waals surface area contributed by atoms with Crippen molar-refractivity contribution in [1.29, 1.82) is 0 Å². The Bertz CT molecular complexity index is 859. The van der Waals surface area contributed by atoms with Gasteiger partial charge < -0.3 is 10.1 Å². The Hall–Kier alpha value is -2.10. The lowest BCUT2D eigenvalue weighted by Crippen LogP contribution is -2.46. The Morgan fingerprint density at radius 1 is 1.14 bits per heavy atom. The van der Waals surface area contributed by atoms with Crippen LogP contribution in [-0.4, -0.2) is 30.9 Å². The Labute approximate surface area is 179 Å². The second-order valence-corrected chi connectivity index (χ2v) is 8.64. The highest BCUT2D eigenvalue weighted by molar-refractivity contribution is 9.11. The molecule has 0 unspecified atom stereocenters. The molecule has 0 aliphatic carbocycles. The van der Waals surface area contributed by atoms with Gasteiger partial charge in [-0.05, 0) is 65.2 Å². The summed E-state index contributed by atoms with van der Waals surface area (Å²) in [5, 5.41) is 3.11. The molecule has 2 rings (SSSR count). The second-order valence-electron chi connectivity index (χ2n) is 5.74. The van der Waals surface area contributed by atoms with E-state index >= 15 is 0 Å². The van der Waals surface area contributed by atoms with E-state index in [0.29, 0.717) is 28.7 Å². The van der Waals surface area contributed by atoms with Crippen LogP contribution in [0, 0.1) is 6.92 Å². The van der Waals surface area contributed by atoms with Crippen LogP contribution in [0.1, 0.15) is 28.1 Å². The van der Waals surface area contributed by atoms with Gasteiger partial charge in [0.1, 0.15) is 5.75 Å². The van der Waals surface area contributed by atoms with E-state index in [9.17, 15) is 14.4 Å². The summed E-state index contributed by atoms with van der Waals surface area (Å²) in [5.41, 5.74) is 5.47. The number of rotatable bonds is 8. The third-order valence-electron chi connectivity index (χ3n) is 3.49. The Morgan fingerprint density at radius 2 is 1.89 bits per heavy atom. The lowest BCUT2D eigenvalue weighted by molar-refractivity contribution is -0.128. The summed E-state index contributed by atoms with van der Waals surface area (Å²) in [4.78, 5) is 35.7. The molecule has 10 heteroatoms. The van der Waals surface area contributed by atoms with Crippen LogP contribution in [-0.2, 0) is 9.59 Å². The van der Waals surface area contributed by atoms with E-state index in [0.717, 1.165) is 9.35 Å². The molecule has 150 valence electrons. The van der Waals surface area contributed by atoms with Gasteiger partial charge in [0.05, 0.1) is 21.8 Å². The van der Waals surface area contributed by atoms with Crippen molar-refractivity contribution in [1.82, 2.24) is 16.2 Å². The molecule has 0 saturated heterocycles. The summed E-state index contributed by atoms with van der Waals surface area (Å²) in [6, 6.07) is 8.72. The van der Waals surface area contributed by atoms with Crippen molar-refractivity contribution >= 4 is 56.6 Å². The molecule has 0 fully saturated rings. The average molecular weight is 489 g/mol. The molecule has 0 spiro atoms. The lowest BCUT2D eigenvalue weighted by atomic mass is 10.2. The van der Waals surface area contributed by atoms with E-state index in [4.69, 9.17) is 16.3 Å². The lowest BCUT2D eigenvalue weighted by Gasteiger charge is -2.10. The van der Waals surface area contributed by atoms with Crippen molar-refractivity contribution in [2.24, 2.45) is 0 Å². The summed E-state index contributed by atoms with van der Waals surface area (Å²) in [6.45, 7) is 2.00. The number of hydrazine groups is 1. The molecule has 0 atom stereocenters. The largest absolute Gasteiger partial charge is 0.493 e. The highest BCUT2D eigenvalue weighted by Gasteiger charge is 2.11. The molecule has 3 amide bonds. The number of halogens is 2. The minimum Gasteiger partial charge on any atom is -0.493 e. The maximum atomic E-state index is 11.8. The normalized spacial score (nSPS) is 10.2. The molecule has 3 N–H and O–H groups in total. The number of ether oxygens (including phenoxy) is 1. The van der Waals surface area contributed by atoms with Gasteiger partial charge in [0, 0.05) is 11.4 Å². The SMILES string of the molecule is Cc1cc(Cl)ccc1OCCCC(=O)NNC(=O)CNC(=O)c1ccc(Br)s1. The molecule has 2 aromatic rings. The van der Waals surface area contributed by atoms with Crippen molar-refractivity contribution in [3.05, 3.63) is 49.6 Å². The van der Waals surface area contributed by atoms with Gasteiger partial charge in [-0.2, -0.15) is 0 Å². The van der Waals surface area contributed by atoms with E-state index < -0.39 is 5.91 Å². The average Bonchev–Trinajstić information content (AvgIpc) is 3.09. The van der Waals surface area contributed by atoms with Crippen molar-refractivity contribution in [3.8, 4) is 5.75 Å². The third kappa shape index (κ3) is 7.49.